The SMILES string of the molecule is Cc1cccc(S(=O)(=O)N2C[C@H](O)COC[C@H]3O[C@H](CC(=O)Nc4ccc(-c5ccccc5)cc4)CC[C@@H]32)c1. The van der Waals surface area contributed by atoms with Crippen molar-refractivity contribution in [2.45, 2.75) is 55.4 Å². The summed E-state index contributed by atoms with van der Waals surface area (Å²) in [6, 6.07) is 24.0. The van der Waals surface area contributed by atoms with Crippen molar-refractivity contribution >= 4 is 21.6 Å². The molecule has 4 atom stereocenters. The molecule has 0 aliphatic carbocycles. The van der Waals surface area contributed by atoms with Gasteiger partial charge in [0.15, 0.2) is 0 Å². The third kappa shape index (κ3) is 6.57. The maximum absolute atomic E-state index is 13.6. The van der Waals surface area contributed by atoms with E-state index in [1.807, 2.05) is 67.6 Å². The highest BCUT2D eigenvalue weighted by atomic mass is 32.2. The van der Waals surface area contributed by atoms with Gasteiger partial charge < -0.3 is 19.9 Å². The summed E-state index contributed by atoms with van der Waals surface area (Å²) < 4.78 is 40.5. The Hall–Kier alpha value is -3.08. The third-order valence-corrected chi connectivity index (χ3v) is 9.11. The van der Waals surface area contributed by atoms with Crippen molar-refractivity contribution in [1.29, 1.82) is 0 Å². The van der Waals surface area contributed by atoms with Gasteiger partial charge in [0.25, 0.3) is 0 Å². The second kappa shape index (κ2) is 12.0. The molecule has 2 fully saturated rings. The van der Waals surface area contributed by atoms with Crippen molar-refractivity contribution in [2.75, 3.05) is 25.1 Å². The van der Waals surface area contributed by atoms with Crippen molar-refractivity contribution in [3.8, 4) is 11.1 Å². The Morgan fingerprint density at radius 2 is 1.72 bits per heavy atom. The first kappa shape index (κ1) is 27.5. The Bertz CT molecular complexity index is 1380. The highest BCUT2D eigenvalue weighted by Crippen LogP contribution is 2.32. The maximum atomic E-state index is 13.6. The predicted molar refractivity (Wildman–Crippen MR) is 149 cm³/mol. The lowest BCUT2D eigenvalue weighted by Crippen LogP contribution is -2.57. The molecule has 0 bridgehead atoms. The minimum absolute atomic E-state index is 0.0105. The van der Waals surface area contributed by atoms with Crippen molar-refractivity contribution in [3.63, 3.8) is 0 Å². The van der Waals surface area contributed by atoms with E-state index in [1.54, 1.807) is 18.2 Å². The summed E-state index contributed by atoms with van der Waals surface area (Å²) in [6.45, 7) is 1.91. The molecular formula is C30H34N2O6S. The molecule has 206 valence electrons. The number of carbonyl (C=O) groups is 1. The van der Waals surface area contributed by atoms with Crippen LogP contribution >= 0.6 is 0 Å². The Morgan fingerprint density at radius 3 is 2.46 bits per heavy atom. The van der Waals surface area contributed by atoms with Crippen LogP contribution in [0.4, 0.5) is 5.69 Å². The van der Waals surface area contributed by atoms with Gasteiger partial charge in [-0.15, -0.1) is 0 Å². The smallest absolute Gasteiger partial charge is 0.243 e. The first-order chi connectivity index (χ1) is 18.8. The van der Waals surface area contributed by atoms with Crippen molar-refractivity contribution in [2.24, 2.45) is 0 Å². The number of nitrogens with zero attached hydrogens (tertiary/aromatic N) is 1. The number of rotatable bonds is 6. The van der Waals surface area contributed by atoms with Crippen LogP contribution in [0.2, 0.25) is 0 Å². The minimum Gasteiger partial charge on any atom is -0.389 e. The molecule has 0 aromatic heterocycles. The monoisotopic (exact) mass is 550 g/mol. The molecule has 0 spiro atoms. The number of sulfonamides is 1. The summed E-state index contributed by atoms with van der Waals surface area (Å²) >= 11 is 0. The molecule has 3 aromatic carbocycles. The molecule has 8 nitrogen and oxygen atoms in total. The molecule has 0 unspecified atom stereocenters. The predicted octanol–water partition coefficient (Wildman–Crippen LogP) is 3.99. The first-order valence-electron chi connectivity index (χ1n) is 13.2. The van der Waals surface area contributed by atoms with Gasteiger partial charge in [-0.1, -0.05) is 54.6 Å². The van der Waals surface area contributed by atoms with Crippen LogP contribution in [-0.4, -0.2) is 67.8 Å². The van der Waals surface area contributed by atoms with Gasteiger partial charge >= 0.3 is 0 Å². The summed E-state index contributed by atoms with van der Waals surface area (Å²) in [5, 5.41) is 13.3. The second-order valence-corrected chi connectivity index (χ2v) is 12.1. The number of benzene rings is 3. The van der Waals surface area contributed by atoms with Crippen LogP contribution in [0, 0.1) is 6.92 Å². The molecule has 0 radical (unpaired) electrons. The molecule has 1 amide bonds. The Balaban J connectivity index is 1.24. The number of nitrogens with one attached hydrogen (secondary N) is 1. The van der Waals surface area contributed by atoms with Crippen LogP contribution in [0.25, 0.3) is 11.1 Å². The highest BCUT2D eigenvalue weighted by molar-refractivity contribution is 7.89. The lowest BCUT2D eigenvalue weighted by Gasteiger charge is -2.43. The van der Waals surface area contributed by atoms with E-state index in [4.69, 9.17) is 9.47 Å². The van der Waals surface area contributed by atoms with E-state index < -0.39 is 28.3 Å². The summed E-state index contributed by atoms with van der Waals surface area (Å²) in [6.07, 6.45) is -0.702. The molecule has 0 saturated carbocycles. The fourth-order valence-corrected chi connectivity index (χ4v) is 7.10. The number of anilines is 1. The normalized spacial score (nSPS) is 24.3. The van der Waals surface area contributed by atoms with E-state index in [9.17, 15) is 18.3 Å². The van der Waals surface area contributed by atoms with Crippen LogP contribution in [-0.2, 0) is 24.3 Å². The first-order valence-corrected chi connectivity index (χ1v) is 14.7. The van der Waals surface area contributed by atoms with E-state index >= 15 is 0 Å². The second-order valence-electron chi connectivity index (χ2n) is 10.2. The van der Waals surface area contributed by atoms with Gasteiger partial charge in [0, 0.05) is 12.2 Å². The number of aliphatic hydroxyl groups excluding tert-OH is 1. The number of carbonyl (C=O) groups excluding carboxylic acids is 1. The summed E-state index contributed by atoms with van der Waals surface area (Å²) in [5.74, 6) is -0.169. The Kier molecular flexibility index (Phi) is 8.44. The van der Waals surface area contributed by atoms with Gasteiger partial charge in [-0.05, 0) is 60.7 Å². The zero-order valence-electron chi connectivity index (χ0n) is 21.9. The number of fused-ring (bicyclic) bond motifs is 1. The topological polar surface area (TPSA) is 105 Å². The van der Waals surface area contributed by atoms with E-state index in [0.29, 0.717) is 18.5 Å². The fourth-order valence-electron chi connectivity index (χ4n) is 5.28. The molecule has 5 rings (SSSR count). The lowest BCUT2D eigenvalue weighted by atomic mass is 9.96. The summed E-state index contributed by atoms with van der Waals surface area (Å²) in [5.41, 5.74) is 3.71. The average Bonchev–Trinajstić information content (AvgIpc) is 2.92. The molecule has 2 aliphatic heterocycles. The van der Waals surface area contributed by atoms with Gasteiger partial charge in [0.1, 0.15) is 0 Å². The molecule has 2 heterocycles. The molecule has 9 heteroatoms. The van der Waals surface area contributed by atoms with Gasteiger partial charge in [-0.3, -0.25) is 4.79 Å². The van der Waals surface area contributed by atoms with E-state index in [0.717, 1.165) is 16.7 Å². The van der Waals surface area contributed by atoms with E-state index in [2.05, 4.69) is 5.32 Å². The number of amides is 1. The van der Waals surface area contributed by atoms with Crippen LogP contribution < -0.4 is 5.32 Å². The number of aryl methyl sites for hydroxylation is 1. The van der Waals surface area contributed by atoms with Gasteiger partial charge in [0.05, 0.1) is 48.9 Å². The quantitative estimate of drug-likeness (QED) is 0.481. The van der Waals surface area contributed by atoms with E-state index in [-0.39, 0.29) is 43.1 Å². The van der Waals surface area contributed by atoms with Gasteiger partial charge in [-0.2, -0.15) is 4.31 Å². The molecular weight excluding hydrogens is 516 g/mol. The maximum Gasteiger partial charge on any atom is 0.243 e. The lowest BCUT2D eigenvalue weighted by molar-refractivity contribution is -0.144. The molecule has 3 aromatic rings. The molecule has 2 aliphatic rings. The van der Waals surface area contributed by atoms with Crippen molar-refractivity contribution in [1.82, 2.24) is 4.31 Å². The molecule has 2 N–H and O–H groups in total. The van der Waals surface area contributed by atoms with Crippen LogP contribution in [0.3, 0.4) is 0 Å². The number of ether oxygens (including phenoxy) is 2. The van der Waals surface area contributed by atoms with E-state index in [1.165, 1.54) is 4.31 Å². The molecule has 39 heavy (non-hydrogen) atoms. The number of hydrogen-bond acceptors (Lipinski definition) is 6. The third-order valence-electron chi connectivity index (χ3n) is 7.22. The van der Waals surface area contributed by atoms with Crippen LogP contribution in [0.5, 0.6) is 0 Å². The van der Waals surface area contributed by atoms with Crippen LogP contribution in [0.1, 0.15) is 24.8 Å². The Morgan fingerprint density at radius 1 is 0.974 bits per heavy atom. The summed E-state index contributed by atoms with van der Waals surface area (Å²) in [7, 11) is -3.87. The van der Waals surface area contributed by atoms with Crippen LogP contribution in [0.15, 0.2) is 83.8 Å². The fraction of sp³-hybridized carbons (Fsp3) is 0.367. The Labute approximate surface area is 229 Å². The summed E-state index contributed by atoms with van der Waals surface area (Å²) in [4.78, 5) is 13.0. The molecule has 2 saturated heterocycles. The van der Waals surface area contributed by atoms with Crippen molar-refractivity contribution in [3.05, 3.63) is 84.4 Å². The standard InChI is InChI=1S/C30H34N2O6S/c1-21-6-5-9-27(16-21)39(35,36)32-18-25(33)19-37-20-29-28(32)15-14-26(38-29)17-30(34)31-24-12-10-23(11-13-24)22-7-3-2-4-8-22/h2-13,16,25-26,28-29,33H,14-15,17-20H2,1H3,(H,31,34)/t25-,26-,28-,29+/m0/s1. The van der Waals surface area contributed by atoms with Gasteiger partial charge in [-0.25, -0.2) is 8.42 Å². The van der Waals surface area contributed by atoms with Crippen molar-refractivity contribution < 1.29 is 27.8 Å². The average molecular weight is 551 g/mol. The number of aliphatic hydroxyl groups is 1. The number of hydrogen-bond donors (Lipinski definition) is 2. The zero-order valence-corrected chi connectivity index (χ0v) is 22.7. The minimum atomic E-state index is -3.87. The zero-order chi connectivity index (χ0) is 27.4. The highest BCUT2D eigenvalue weighted by Gasteiger charge is 2.43. The van der Waals surface area contributed by atoms with Gasteiger partial charge in [0.2, 0.25) is 15.9 Å². The number of β-amino-alcohol motifs (C(OH)–C–C–N with tert-alkyl or cyclic N) is 1. The largest absolute Gasteiger partial charge is 0.389 e.